The molecule has 1 N–H and O–H groups in total. The Bertz CT molecular complexity index is 946. The summed E-state index contributed by atoms with van der Waals surface area (Å²) in [5.41, 5.74) is 2.40. The number of carbonyl (C=O) groups is 2. The van der Waals surface area contributed by atoms with Crippen LogP contribution in [0.1, 0.15) is 40.0 Å². The molecule has 2 aromatic carbocycles. The van der Waals surface area contributed by atoms with Gasteiger partial charge in [0.25, 0.3) is 11.8 Å². The standard InChI is InChI=1S/C21H22ClN3O3/c1-24-17-11-13(20(26)23-16-12-14(22)7-9-18(16)28-2)6-8-15(17)21(27)25-10-4-3-5-19(24)25/h6-9,11-12,19H,3-5,10H2,1-2H3,(H,23,26)/t19-/m1/s1. The van der Waals surface area contributed by atoms with Crippen molar-refractivity contribution in [2.45, 2.75) is 25.4 Å². The van der Waals surface area contributed by atoms with E-state index in [0.717, 1.165) is 31.5 Å². The average Bonchev–Trinajstić information content (AvgIpc) is 2.72. The summed E-state index contributed by atoms with van der Waals surface area (Å²) in [6.07, 6.45) is 3.13. The molecule has 0 unspecified atom stereocenters. The molecule has 2 aliphatic rings. The third-order valence-electron chi connectivity index (χ3n) is 5.46. The Balaban J connectivity index is 1.64. The maximum absolute atomic E-state index is 12.9. The molecule has 0 aliphatic carbocycles. The molecule has 0 spiro atoms. The van der Waals surface area contributed by atoms with Crippen LogP contribution in [0.15, 0.2) is 36.4 Å². The second-order valence-electron chi connectivity index (χ2n) is 7.12. The van der Waals surface area contributed by atoms with E-state index in [4.69, 9.17) is 16.3 Å². The normalized spacial score (nSPS) is 18.4. The van der Waals surface area contributed by atoms with Crippen LogP contribution in [-0.4, -0.2) is 43.6 Å². The van der Waals surface area contributed by atoms with Crippen molar-refractivity contribution in [3.8, 4) is 5.75 Å². The van der Waals surface area contributed by atoms with Crippen molar-refractivity contribution in [2.24, 2.45) is 0 Å². The number of halogens is 1. The van der Waals surface area contributed by atoms with E-state index in [2.05, 4.69) is 10.2 Å². The van der Waals surface area contributed by atoms with Gasteiger partial charge in [-0.15, -0.1) is 0 Å². The van der Waals surface area contributed by atoms with E-state index < -0.39 is 0 Å². The van der Waals surface area contributed by atoms with Gasteiger partial charge in [0.05, 0.1) is 24.0 Å². The molecule has 0 bridgehead atoms. The highest BCUT2D eigenvalue weighted by molar-refractivity contribution is 6.31. The molecule has 2 aromatic rings. The predicted molar refractivity (Wildman–Crippen MR) is 109 cm³/mol. The number of hydrogen-bond acceptors (Lipinski definition) is 4. The van der Waals surface area contributed by atoms with E-state index in [1.54, 1.807) is 36.4 Å². The summed E-state index contributed by atoms with van der Waals surface area (Å²) in [7, 11) is 3.52. The predicted octanol–water partition coefficient (Wildman–Crippen LogP) is 4.00. The summed E-state index contributed by atoms with van der Waals surface area (Å²) in [6, 6.07) is 10.3. The Labute approximate surface area is 169 Å². The van der Waals surface area contributed by atoms with Gasteiger partial charge < -0.3 is 19.9 Å². The van der Waals surface area contributed by atoms with E-state index in [0.29, 0.717) is 27.6 Å². The average molecular weight is 400 g/mol. The number of anilines is 2. The van der Waals surface area contributed by atoms with Crippen molar-refractivity contribution >= 4 is 34.8 Å². The summed E-state index contributed by atoms with van der Waals surface area (Å²) >= 11 is 6.04. The lowest BCUT2D eigenvalue weighted by Gasteiger charge is -2.46. The Morgan fingerprint density at radius 2 is 2.04 bits per heavy atom. The third-order valence-corrected chi connectivity index (χ3v) is 5.69. The number of nitrogens with one attached hydrogen (secondary N) is 1. The van der Waals surface area contributed by atoms with Crippen molar-refractivity contribution in [3.05, 3.63) is 52.5 Å². The first-order chi connectivity index (χ1) is 13.5. The molecule has 2 heterocycles. The molecule has 4 rings (SSSR count). The molecule has 2 amide bonds. The van der Waals surface area contributed by atoms with E-state index >= 15 is 0 Å². The van der Waals surface area contributed by atoms with Crippen LogP contribution in [0.2, 0.25) is 5.02 Å². The first-order valence-corrected chi connectivity index (χ1v) is 9.70. The molecule has 146 valence electrons. The third kappa shape index (κ3) is 3.18. The van der Waals surface area contributed by atoms with E-state index in [9.17, 15) is 9.59 Å². The van der Waals surface area contributed by atoms with Gasteiger partial charge in [-0.25, -0.2) is 0 Å². The van der Waals surface area contributed by atoms with Crippen LogP contribution in [0.5, 0.6) is 5.75 Å². The number of benzene rings is 2. The molecule has 1 fully saturated rings. The van der Waals surface area contributed by atoms with Crippen LogP contribution in [0.25, 0.3) is 0 Å². The van der Waals surface area contributed by atoms with Crippen molar-refractivity contribution < 1.29 is 14.3 Å². The number of amides is 2. The monoisotopic (exact) mass is 399 g/mol. The first-order valence-electron chi connectivity index (χ1n) is 9.32. The van der Waals surface area contributed by atoms with Crippen molar-refractivity contribution in [1.82, 2.24) is 4.90 Å². The molecule has 2 aliphatic heterocycles. The summed E-state index contributed by atoms with van der Waals surface area (Å²) in [6.45, 7) is 0.782. The van der Waals surface area contributed by atoms with Gasteiger partial charge in [-0.1, -0.05) is 11.6 Å². The van der Waals surface area contributed by atoms with Crippen LogP contribution in [0.3, 0.4) is 0 Å². The van der Waals surface area contributed by atoms with Gasteiger partial charge in [-0.2, -0.15) is 0 Å². The fourth-order valence-corrected chi connectivity index (χ4v) is 4.16. The number of ether oxygens (including phenoxy) is 1. The van der Waals surface area contributed by atoms with Crippen LogP contribution < -0.4 is 15.0 Å². The van der Waals surface area contributed by atoms with Crippen LogP contribution in [0, 0.1) is 0 Å². The zero-order chi connectivity index (χ0) is 19.8. The second kappa shape index (κ2) is 7.36. The van der Waals surface area contributed by atoms with Crippen LogP contribution in [0.4, 0.5) is 11.4 Å². The molecular weight excluding hydrogens is 378 g/mol. The Morgan fingerprint density at radius 3 is 2.82 bits per heavy atom. The molecular formula is C21H22ClN3O3. The van der Waals surface area contributed by atoms with Gasteiger partial charge >= 0.3 is 0 Å². The maximum Gasteiger partial charge on any atom is 0.257 e. The number of carbonyl (C=O) groups excluding carboxylic acids is 2. The highest BCUT2D eigenvalue weighted by Gasteiger charge is 2.37. The fraction of sp³-hybridized carbons (Fsp3) is 0.333. The van der Waals surface area contributed by atoms with Crippen molar-refractivity contribution in [3.63, 3.8) is 0 Å². The number of rotatable bonds is 3. The lowest BCUT2D eigenvalue weighted by molar-refractivity contribution is 0.0589. The lowest BCUT2D eigenvalue weighted by atomic mass is 9.97. The van der Waals surface area contributed by atoms with Crippen LogP contribution in [-0.2, 0) is 0 Å². The summed E-state index contributed by atoms with van der Waals surface area (Å²) in [4.78, 5) is 29.7. The smallest absolute Gasteiger partial charge is 0.257 e. The second-order valence-corrected chi connectivity index (χ2v) is 7.55. The Hall–Kier alpha value is -2.73. The number of methoxy groups -OCH3 is 1. The zero-order valence-corrected chi connectivity index (χ0v) is 16.6. The minimum Gasteiger partial charge on any atom is -0.495 e. The summed E-state index contributed by atoms with van der Waals surface area (Å²) in [5.74, 6) is 0.289. The molecule has 0 saturated carbocycles. The number of hydrogen-bond donors (Lipinski definition) is 1. The van der Waals surface area contributed by atoms with E-state index in [-0.39, 0.29) is 18.0 Å². The number of piperidine rings is 1. The Morgan fingerprint density at radius 1 is 1.21 bits per heavy atom. The number of nitrogens with zero attached hydrogens (tertiary/aromatic N) is 2. The van der Waals surface area contributed by atoms with Crippen molar-refractivity contribution in [1.29, 1.82) is 0 Å². The molecule has 1 atom stereocenters. The highest BCUT2D eigenvalue weighted by Crippen LogP contribution is 2.35. The highest BCUT2D eigenvalue weighted by atomic mass is 35.5. The maximum atomic E-state index is 12.9. The van der Waals surface area contributed by atoms with E-state index in [1.165, 1.54) is 7.11 Å². The molecule has 1 saturated heterocycles. The SMILES string of the molecule is COc1ccc(Cl)cc1NC(=O)c1ccc2c(c1)N(C)[C@H]1CCCCN1C2=O. The summed E-state index contributed by atoms with van der Waals surface area (Å²) < 4.78 is 5.29. The fourth-order valence-electron chi connectivity index (χ4n) is 3.99. The molecule has 28 heavy (non-hydrogen) atoms. The topological polar surface area (TPSA) is 61.9 Å². The van der Waals surface area contributed by atoms with Crippen LogP contribution >= 0.6 is 11.6 Å². The molecule has 7 heteroatoms. The summed E-state index contributed by atoms with van der Waals surface area (Å²) in [5, 5.41) is 3.35. The molecule has 6 nitrogen and oxygen atoms in total. The first kappa shape index (κ1) is 18.6. The molecule has 0 radical (unpaired) electrons. The minimum atomic E-state index is -0.282. The molecule has 0 aromatic heterocycles. The van der Waals surface area contributed by atoms with E-state index in [1.807, 2.05) is 11.9 Å². The van der Waals surface area contributed by atoms with Gasteiger partial charge in [-0.3, -0.25) is 9.59 Å². The van der Waals surface area contributed by atoms with Crippen molar-refractivity contribution in [2.75, 3.05) is 30.9 Å². The quantitative estimate of drug-likeness (QED) is 0.847. The lowest BCUT2D eigenvalue weighted by Crippen LogP contribution is -2.55. The van der Waals surface area contributed by atoms with Gasteiger partial charge in [0.15, 0.2) is 0 Å². The van der Waals surface area contributed by atoms with Gasteiger partial charge in [0.2, 0.25) is 0 Å². The zero-order valence-electron chi connectivity index (χ0n) is 15.9. The largest absolute Gasteiger partial charge is 0.495 e. The van der Waals surface area contributed by atoms with Gasteiger partial charge in [0.1, 0.15) is 11.9 Å². The minimum absolute atomic E-state index is 0.0428. The van der Waals surface area contributed by atoms with Gasteiger partial charge in [0, 0.05) is 24.2 Å². The Kier molecular flexibility index (Phi) is 4.89. The van der Waals surface area contributed by atoms with Gasteiger partial charge in [-0.05, 0) is 55.7 Å². The number of fused-ring (bicyclic) bond motifs is 2.